The van der Waals surface area contributed by atoms with Crippen molar-refractivity contribution >= 4 is 17.7 Å². The quantitative estimate of drug-likeness (QED) is 0.820. The summed E-state index contributed by atoms with van der Waals surface area (Å²) in [5.41, 5.74) is 2.20. The summed E-state index contributed by atoms with van der Waals surface area (Å²) in [6.45, 7) is 0.947. The number of nitrogens with two attached hydrogens (primary N) is 1. The first-order valence-electron chi connectivity index (χ1n) is 5.50. The minimum atomic E-state index is -4.73. The first-order chi connectivity index (χ1) is 7.75. The van der Waals surface area contributed by atoms with Crippen molar-refractivity contribution in [1.29, 1.82) is 0 Å². The van der Waals surface area contributed by atoms with Crippen LogP contribution in [-0.4, -0.2) is 35.2 Å². The summed E-state index contributed by atoms with van der Waals surface area (Å²) in [6, 6.07) is 0. The Hall–Kier alpha value is -0.430. The molecule has 1 aliphatic rings. The molecule has 17 heavy (non-hydrogen) atoms. The van der Waals surface area contributed by atoms with E-state index in [9.17, 15) is 18.0 Å². The monoisotopic (exact) mass is 270 g/mol. The highest BCUT2D eigenvalue weighted by molar-refractivity contribution is 7.99. The van der Waals surface area contributed by atoms with E-state index in [2.05, 4.69) is 5.32 Å². The van der Waals surface area contributed by atoms with Gasteiger partial charge in [-0.15, -0.1) is 0 Å². The summed E-state index contributed by atoms with van der Waals surface area (Å²) in [7, 11) is 0. The highest BCUT2D eigenvalue weighted by atomic mass is 32.2. The molecule has 3 N–H and O–H groups in total. The molecule has 1 heterocycles. The van der Waals surface area contributed by atoms with Crippen molar-refractivity contribution in [3.8, 4) is 0 Å². The number of carbonyl (C=O) groups excluding carboxylic acids is 1. The Bertz CT molecular complexity index is 275. The van der Waals surface area contributed by atoms with Gasteiger partial charge in [0.1, 0.15) is 0 Å². The number of nitrogens with one attached hydrogen (secondary N) is 1. The maximum absolute atomic E-state index is 12.5. The van der Waals surface area contributed by atoms with Crippen molar-refractivity contribution in [2.24, 2.45) is 5.73 Å². The largest absolute Gasteiger partial charge is 0.415 e. The van der Waals surface area contributed by atoms with Crippen molar-refractivity contribution in [3.63, 3.8) is 0 Å². The van der Waals surface area contributed by atoms with Gasteiger partial charge in [-0.2, -0.15) is 24.9 Å². The maximum Gasteiger partial charge on any atom is 0.415 e. The van der Waals surface area contributed by atoms with Gasteiger partial charge >= 0.3 is 6.18 Å². The average molecular weight is 270 g/mol. The van der Waals surface area contributed by atoms with Gasteiger partial charge in [-0.05, 0) is 25.5 Å². The zero-order valence-corrected chi connectivity index (χ0v) is 10.5. The molecule has 0 aliphatic carbocycles. The van der Waals surface area contributed by atoms with Gasteiger partial charge in [0.15, 0.2) is 5.54 Å². The minimum absolute atomic E-state index is 0.205. The number of alkyl halides is 3. The topological polar surface area (TPSA) is 55.1 Å². The predicted octanol–water partition coefficient (Wildman–Crippen LogP) is 1.67. The number of halogens is 3. The lowest BCUT2D eigenvalue weighted by atomic mass is 10.0. The molecule has 7 heteroatoms. The van der Waals surface area contributed by atoms with Crippen LogP contribution in [0.4, 0.5) is 13.2 Å². The van der Waals surface area contributed by atoms with Gasteiger partial charge in [-0.25, -0.2) is 0 Å². The number of thioether (sulfide) groups is 1. The standard InChI is InChI=1S/C10H17F3N2OS/c1-9(14,10(11,12)13)8(16)15-6-7-4-2-3-5-17-7/h7H,2-6,14H2,1H3,(H,15,16). The Balaban J connectivity index is 2.43. The molecule has 0 aromatic rings. The maximum atomic E-state index is 12.5. The minimum Gasteiger partial charge on any atom is -0.353 e. The Morgan fingerprint density at radius 3 is 2.59 bits per heavy atom. The zero-order chi connectivity index (χ0) is 13.1. The van der Waals surface area contributed by atoms with Crippen molar-refractivity contribution in [3.05, 3.63) is 0 Å². The number of rotatable bonds is 3. The van der Waals surface area contributed by atoms with Crippen LogP contribution in [0.25, 0.3) is 0 Å². The fourth-order valence-electron chi connectivity index (χ4n) is 1.49. The fraction of sp³-hybridized carbons (Fsp3) is 0.900. The number of hydrogen-bond acceptors (Lipinski definition) is 3. The van der Waals surface area contributed by atoms with E-state index in [1.54, 1.807) is 11.8 Å². The van der Waals surface area contributed by atoms with Crippen molar-refractivity contribution in [1.82, 2.24) is 5.32 Å². The molecule has 0 radical (unpaired) electrons. The first kappa shape index (κ1) is 14.6. The van der Waals surface area contributed by atoms with E-state index in [-0.39, 0.29) is 11.8 Å². The number of hydrogen-bond donors (Lipinski definition) is 2. The van der Waals surface area contributed by atoms with E-state index >= 15 is 0 Å². The van der Waals surface area contributed by atoms with Crippen LogP contribution in [0.3, 0.4) is 0 Å². The molecular formula is C10H17F3N2OS. The Labute approximate surface area is 103 Å². The molecule has 1 fully saturated rings. The molecule has 1 amide bonds. The third-order valence-electron chi connectivity index (χ3n) is 2.82. The Morgan fingerprint density at radius 2 is 2.12 bits per heavy atom. The molecule has 2 atom stereocenters. The molecule has 0 saturated carbocycles. The van der Waals surface area contributed by atoms with Gasteiger partial charge in [0.25, 0.3) is 0 Å². The van der Waals surface area contributed by atoms with Crippen LogP contribution in [-0.2, 0) is 4.79 Å². The molecule has 2 unspecified atom stereocenters. The summed E-state index contributed by atoms with van der Waals surface area (Å²) in [5, 5.41) is 2.50. The van der Waals surface area contributed by atoms with Gasteiger partial charge < -0.3 is 11.1 Å². The molecular weight excluding hydrogens is 253 g/mol. The van der Waals surface area contributed by atoms with Crippen LogP contribution in [0.2, 0.25) is 0 Å². The average Bonchev–Trinajstić information content (AvgIpc) is 2.25. The molecule has 1 rings (SSSR count). The van der Waals surface area contributed by atoms with Crippen LogP contribution in [0.1, 0.15) is 26.2 Å². The lowest BCUT2D eigenvalue weighted by Crippen LogP contribution is -2.61. The SMILES string of the molecule is CC(N)(C(=O)NCC1CCCCS1)C(F)(F)F. The van der Waals surface area contributed by atoms with Gasteiger partial charge in [-0.1, -0.05) is 6.42 Å². The number of amides is 1. The molecule has 100 valence electrons. The summed E-state index contributed by atoms with van der Waals surface area (Å²) in [6.07, 6.45) is -1.60. The molecule has 3 nitrogen and oxygen atoms in total. The third-order valence-corrected chi connectivity index (χ3v) is 4.22. The van der Waals surface area contributed by atoms with E-state index in [1.165, 1.54) is 0 Å². The van der Waals surface area contributed by atoms with E-state index < -0.39 is 17.6 Å². The second kappa shape index (κ2) is 5.48. The van der Waals surface area contributed by atoms with Crippen LogP contribution in [0, 0.1) is 0 Å². The second-order valence-electron chi connectivity index (χ2n) is 4.40. The molecule has 0 aromatic heterocycles. The van der Waals surface area contributed by atoms with Gasteiger partial charge in [0.05, 0.1) is 0 Å². The fourth-order valence-corrected chi connectivity index (χ4v) is 2.73. The van der Waals surface area contributed by atoms with Crippen molar-refractivity contribution in [2.45, 2.75) is 43.2 Å². The van der Waals surface area contributed by atoms with E-state index in [0.717, 1.165) is 25.0 Å². The van der Waals surface area contributed by atoms with Crippen LogP contribution >= 0.6 is 11.8 Å². The Morgan fingerprint density at radius 1 is 1.47 bits per heavy atom. The van der Waals surface area contributed by atoms with E-state index in [0.29, 0.717) is 6.92 Å². The van der Waals surface area contributed by atoms with Crippen molar-refractivity contribution in [2.75, 3.05) is 12.3 Å². The second-order valence-corrected chi connectivity index (χ2v) is 5.81. The van der Waals surface area contributed by atoms with Crippen LogP contribution < -0.4 is 11.1 Å². The molecule has 0 bridgehead atoms. The Kier molecular flexibility index (Phi) is 4.71. The third kappa shape index (κ3) is 3.77. The van der Waals surface area contributed by atoms with Gasteiger partial charge in [0, 0.05) is 11.8 Å². The van der Waals surface area contributed by atoms with Gasteiger partial charge in [-0.3, -0.25) is 4.79 Å². The molecule has 1 saturated heterocycles. The van der Waals surface area contributed by atoms with Crippen LogP contribution in [0.5, 0.6) is 0 Å². The highest BCUT2D eigenvalue weighted by Crippen LogP contribution is 2.28. The molecule has 1 aliphatic heterocycles. The lowest BCUT2D eigenvalue weighted by molar-refractivity contribution is -0.187. The van der Waals surface area contributed by atoms with Gasteiger partial charge in [0.2, 0.25) is 5.91 Å². The summed E-state index contributed by atoms with van der Waals surface area (Å²) >= 11 is 1.69. The zero-order valence-electron chi connectivity index (χ0n) is 9.64. The smallest absolute Gasteiger partial charge is 0.353 e. The highest BCUT2D eigenvalue weighted by Gasteiger charge is 2.53. The van der Waals surface area contributed by atoms with Crippen LogP contribution in [0.15, 0.2) is 0 Å². The summed E-state index contributed by atoms with van der Waals surface area (Å²) in [4.78, 5) is 11.4. The first-order valence-corrected chi connectivity index (χ1v) is 6.55. The predicted molar refractivity (Wildman–Crippen MR) is 61.8 cm³/mol. The van der Waals surface area contributed by atoms with E-state index in [1.807, 2.05) is 0 Å². The molecule has 0 aromatic carbocycles. The van der Waals surface area contributed by atoms with E-state index in [4.69, 9.17) is 5.73 Å². The summed E-state index contributed by atoms with van der Waals surface area (Å²) in [5.74, 6) is -0.157. The van der Waals surface area contributed by atoms with Crippen molar-refractivity contribution < 1.29 is 18.0 Å². The lowest BCUT2D eigenvalue weighted by Gasteiger charge is -2.28. The molecule has 0 spiro atoms. The summed E-state index contributed by atoms with van der Waals surface area (Å²) < 4.78 is 37.4. The normalized spacial score (nSPS) is 25.1. The number of carbonyl (C=O) groups is 1.